The number of hydrogen-bond acceptors (Lipinski definition) is 6. The lowest BCUT2D eigenvalue weighted by Crippen LogP contribution is -2.27. The van der Waals surface area contributed by atoms with E-state index in [-0.39, 0.29) is 17.8 Å². The van der Waals surface area contributed by atoms with Crippen molar-refractivity contribution in [1.29, 1.82) is 5.26 Å². The van der Waals surface area contributed by atoms with Crippen LogP contribution in [0.1, 0.15) is 23.6 Å². The quantitative estimate of drug-likeness (QED) is 0.611. The SMILES string of the molecule is CCN1C(=O)S/C(=C/c2cc(Cl)c(OCc3ccccc3C#N)c(OC)c2)C1=O. The fourth-order valence-electron chi connectivity index (χ4n) is 2.79. The number of hydrogen-bond donors (Lipinski definition) is 0. The third kappa shape index (κ3) is 4.39. The largest absolute Gasteiger partial charge is 0.493 e. The zero-order valence-corrected chi connectivity index (χ0v) is 17.3. The van der Waals surface area contributed by atoms with Crippen LogP contribution in [0.3, 0.4) is 0 Å². The number of methoxy groups -OCH3 is 1. The topological polar surface area (TPSA) is 79.6 Å². The number of nitrogens with zero attached hydrogens (tertiary/aromatic N) is 2. The van der Waals surface area contributed by atoms with Gasteiger partial charge in [-0.05, 0) is 48.5 Å². The second-order valence-electron chi connectivity index (χ2n) is 6.02. The van der Waals surface area contributed by atoms with E-state index in [9.17, 15) is 14.9 Å². The third-order valence-corrected chi connectivity index (χ3v) is 5.44. The average molecular weight is 429 g/mol. The summed E-state index contributed by atoms with van der Waals surface area (Å²) in [6, 6.07) is 12.6. The summed E-state index contributed by atoms with van der Waals surface area (Å²) in [5.41, 5.74) is 1.86. The van der Waals surface area contributed by atoms with Gasteiger partial charge in [-0.2, -0.15) is 5.26 Å². The molecule has 0 radical (unpaired) electrons. The first kappa shape index (κ1) is 20.8. The van der Waals surface area contributed by atoms with Crippen molar-refractivity contribution in [3.8, 4) is 17.6 Å². The normalized spacial score (nSPS) is 15.0. The lowest BCUT2D eigenvalue weighted by atomic mass is 10.1. The number of imide groups is 1. The number of rotatable bonds is 6. The molecule has 1 aliphatic rings. The van der Waals surface area contributed by atoms with Gasteiger partial charge in [0.15, 0.2) is 11.5 Å². The molecular weight excluding hydrogens is 412 g/mol. The van der Waals surface area contributed by atoms with Gasteiger partial charge in [-0.3, -0.25) is 14.5 Å². The highest BCUT2D eigenvalue weighted by molar-refractivity contribution is 8.18. The molecule has 2 amide bonds. The van der Waals surface area contributed by atoms with E-state index in [2.05, 4.69) is 6.07 Å². The van der Waals surface area contributed by atoms with Gasteiger partial charge in [-0.25, -0.2) is 0 Å². The molecule has 1 fully saturated rings. The number of likely N-dealkylation sites (N-methyl/N-ethyl adjacent to an activating group) is 1. The average Bonchev–Trinajstić information content (AvgIpc) is 2.99. The number of carbonyl (C=O) groups excluding carboxylic acids is 2. The van der Waals surface area contributed by atoms with Crippen LogP contribution >= 0.6 is 23.4 Å². The van der Waals surface area contributed by atoms with Crippen molar-refractivity contribution in [2.24, 2.45) is 0 Å². The van der Waals surface area contributed by atoms with E-state index >= 15 is 0 Å². The summed E-state index contributed by atoms with van der Waals surface area (Å²) >= 11 is 7.28. The fraction of sp³-hybridized carbons (Fsp3) is 0.190. The molecule has 0 saturated carbocycles. The Morgan fingerprint density at radius 1 is 1.28 bits per heavy atom. The Morgan fingerprint density at radius 2 is 2.03 bits per heavy atom. The summed E-state index contributed by atoms with van der Waals surface area (Å²) in [7, 11) is 1.48. The maximum Gasteiger partial charge on any atom is 0.293 e. The number of halogens is 1. The first-order valence-corrected chi connectivity index (χ1v) is 9.91. The van der Waals surface area contributed by atoms with Gasteiger partial charge in [0.1, 0.15) is 6.61 Å². The van der Waals surface area contributed by atoms with Crippen LogP contribution in [0.5, 0.6) is 11.5 Å². The highest BCUT2D eigenvalue weighted by Crippen LogP contribution is 2.39. The summed E-state index contributed by atoms with van der Waals surface area (Å²) in [6.45, 7) is 2.22. The maximum absolute atomic E-state index is 12.3. The highest BCUT2D eigenvalue weighted by Gasteiger charge is 2.33. The minimum absolute atomic E-state index is 0.147. The second-order valence-corrected chi connectivity index (χ2v) is 7.42. The Bertz CT molecular complexity index is 1050. The predicted molar refractivity (Wildman–Crippen MR) is 112 cm³/mol. The van der Waals surface area contributed by atoms with Gasteiger partial charge in [0.2, 0.25) is 0 Å². The van der Waals surface area contributed by atoms with E-state index in [0.717, 1.165) is 17.3 Å². The molecule has 2 aromatic carbocycles. The second kappa shape index (κ2) is 9.03. The molecule has 0 bridgehead atoms. The Labute approximate surface area is 177 Å². The van der Waals surface area contributed by atoms with E-state index in [1.807, 2.05) is 6.07 Å². The number of ether oxygens (including phenoxy) is 2. The van der Waals surface area contributed by atoms with Crippen molar-refractivity contribution < 1.29 is 19.1 Å². The van der Waals surface area contributed by atoms with Crippen LogP contribution in [0.2, 0.25) is 5.02 Å². The van der Waals surface area contributed by atoms with Gasteiger partial charge < -0.3 is 9.47 Å². The van der Waals surface area contributed by atoms with E-state index in [1.54, 1.807) is 43.3 Å². The van der Waals surface area contributed by atoms with Crippen LogP contribution in [-0.2, 0) is 11.4 Å². The molecule has 6 nitrogen and oxygen atoms in total. The van der Waals surface area contributed by atoms with Gasteiger partial charge >= 0.3 is 0 Å². The van der Waals surface area contributed by atoms with Crippen LogP contribution < -0.4 is 9.47 Å². The Morgan fingerprint density at radius 3 is 2.69 bits per heavy atom. The number of nitriles is 1. The molecule has 0 spiro atoms. The van der Waals surface area contributed by atoms with E-state index < -0.39 is 0 Å². The van der Waals surface area contributed by atoms with E-state index in [0.29, 0.717) is 39.1 Å². The molecule has 29 heavy (non-hydrogen) atoms. The number of amides is 2. The Balaban J connectivity index is 1.87. The highest BCUT2D eigenvalue weighted by atomic mass is 35.5. The maximum atomic E-state index is 12.3. The smallest absolute Gasteiger partial charge is 0.293 e. The molecule has 0 unspecified atom stereocenters. The number of benzene rings is 2. The molecule has 0 aliphatic carbocycles. The molecule has 2 aromatic rings. The summed E-state index contributed by atoms with van der Waals surface area (Å²) < 4.78 is 11.2. The van der Waals surface area contributed by atoms with Gasteiger partial charge in [0.05, 0.1) is 28.7 Å². The van der Waals surface area contributed by atoms with Crippen LogP contribution in [-0.4, -0.2) is 29.7 Å². The lowest BCUT2D eigenvalue weighted by Gasteiger charge is -2.14. The van der Waals surface area contributed by atoms with Crippen molar-refractivity contribution in [3.05, 3.63) is 63.0 Å². The van der Waals surface area contributed by atoms with Crippen LogP contribution in [0, 0.1) is 11.3 Å². The van der Waals surface area contributed by atoms with Gasteiger partial charge in [0, 0.05) is 12.1 Å². The summed E-state index contributed by atoms with van der Waals surface area (Å²) in [5.74, 6) is 0.389. The standard InChI is InChI=1S/C21H17ClN2O4S/c1-3-24-20(25)18(29-21(24)26)10-13-8-16(22)19(17(9-13)27-2)28-12-15-7-5-4-6-14(15)11-23/h4-10H,3,12H2,1-2H3/b18-10+. The molecule has 0 N–H and O–H groups in total. The molecule has 3 rings (SSSR count). The van der Waals surface area contributed by atoms with Gasteiger partial charge in [0.25, 0.3) is 11.1 Å². The van der Waals surface area contributed by atoms with Crippen molar-refractivity contribution in [1.82, 2.24) is 4.90 Å². The molecule has 0 atom stereocenters. The monoisotopic (exact) mass is 428 g/mol. The first-order chi connectivity index (χ1) is 14.0. The van der Waals surface area contributed by atoms with Crippen LogP contribution in [0.4, 0.5) is 4.79 Å². The van der Waals surface area contributed by atoms with Crippen molar-refractivity contribution in [2.75, 3.05) is 13.7 Å². The van der Waals surface area contributed by atoms with Crippen molar-refractivity contribution in [3.63, 3.8) is 0 Å². The number of thioether (sulfide) groups is 1. The van der Waals surface area contributed by atoms with Crippen LogP contribution in [0.25, 0.3) is 6.08 Å². The molecule has 148 valence electrons. The van der Waals surface area contributed by atoms with Crippen molar-refractivity contribution in [2.45, 2.75) is 13.5 Å². The Hall–Kier alpha value is -2.95. The number of carbonyl (C=O) groups is 2. The lowest BCUT2D eigenvalue weighted by molar-refractivity contribution is -0.122. The molecule has 1 aliphatic heterocycles. The summed E-state index contributed by atoms with van der Waals surface area (Å²) in [5, 5.41) is 9.20. The van der Waals surface area contributed by atoms with E-state index in [4.69, 9.17) is 21.1 Å². The zero-order chi connectivity index (χ0) is 21.0. The molecule has 0 aromatic heterocycles. The predicted octanol–water partition coefficient (Wildman–Crippen LogP) is 4.86. The minimum Gasteiger partial charge on any atom is -0.493 e. The van der Waals surface area contributed by atoms with Gasteiger partial charge in [-0.15, -0.1) is 0 Å². The summed E-state index contributed by atoms with van der Waals surface area (Å²) in [4.78, 5) is 25.6. The Kier molecular flexibility index (Phi) is 6.47. The molecule has 1 saturated heterocycles. The third-order valence-electron chi connectivity index (χ3n) is 4.25. The fourth-order valence-corrected chi connectivity index (χ4v) is 3.97. The van der Waals surface area contributed by atoms with Crippen LogP contribution in [0.15, 0.2) is 41.3 Å². The molecule has 8 heteroatoms. The van der Waals surface area contributed by atoms with Crippen molar-refractivity contribution >= 4 is 40.6 Å². The first-order valence-electron chi connectivity index (χ1n) is 8.72. The molecule has 1 heterocycles. The molecular formula is C21H17ClN2O4S. The summed E-state index contributed by atoms with van der Waals surface area (Å²) in [6.07, 6.45) is 1.60. The zero-order valence-electron chi connectivity index (χ0n) is 15.8. The van der Waals surface area contributed by atoms with E-state index in [1.165, 1.54) is 12.0 Å². The minimum atomic E-state index is -0.328. The van der Waals surface area contributed by atoms with Gasteiger partial charge in [-0.1, -0.05) is 29.8 Å².